The second-order valence-corrected chi connectivity index (χ2v) is 10.3. The number of hydrogen-bond donors (Lipinski definition) is 1. The normalized spacial score (nSPS) is 16.8. The minimum Gasteiger partial charge on any atom is -0.497 e. The van der Waals surface area contributed by atoms with Crippen LogP contribution in [0.25, 0.3) is 0 Å². The van der Waals surface area contributed by atoms with Gasteiger partial charge in [-0.1, -0.05) is 12.1 Å². The molecule has 0 saturated heterocycles. The molecule has 8 heteroatoms. The van der Waals surface area contributed by atoms with Crippen molar-refractivity contribution >= 4 is 23.7 Å². The summed E-state index contributed by atoms with van der Waals surface area (Å²) in [5.74, 6) is 0.359. The van der Waals surface area contributed by atoms with Gasteiger partial charge in [0.25, 0.3) is 11.8 Å². The van der Waals surface area contributed by atoms with Crippen molar-refractivity contribution in [3.05, 3.63) is 106 Å². The molecule has 1 aliphatic heterocycles. The number of nitrogens with one attached hydrogen (secondary N) is 1. The van der Waals surface area contributed by atoms with Gasteiger partial charge in [-0.05, 0) is 106 Å². The number of anilines is 1. The minimum absolute atomic E-state index is 0.0590. The number of methoxy groups -OCH3 is 1. The maximum atomic E-state index is 12.8. The van der Waals surface area contributed by atoms with Gasteiger partial charge in [0, 0.05) is 53.8 Å². The average molecular weight is 564 g/mol. The third-order valence-corrected chi connectivity index (χ3v) is 7.82. The summed E-state index contributed by atoms with van der Waals surface area (Å²) in [6.07, 6.45) is 4.24. The van der Waals surface area contributed by atoms with Crippen LogP contribution in [0.4, 0.5) is 5.69 Å². The molecule has 1 heterocycles. The lowest BCUT2D eigenvalue weighted by Gasteiger charge is -2.30. The van der Waals surface area contributed by atoms with Gasteiger partial charge in [0.05, 0.1) is 18.7 Å². The number of carbonyl (C=O) groups is 2. The Morgan fingerprint density at radius 3 is 2.29 bits per heavy atom. The largest absolute Gasteiger partial charge is 0.497 e. The Labute approximate surface area is 247 Å². The molecule has 1 N–H and O–H groups in total. The smallest absolute Gasteiger partial charge is 0.271 e. The third kappa shape index (κ3) is 6.06. The van der Waals surface area contributed by atoms with E-state index < -0.39 is 5.41 Å². The number of amides is 2. The van der Waals surface area contributed by atoms with E-state index in [1.54, 1.807) is 42.5 Å². The van der Waals surface area contributed by atoms with Crippen LogP contribution >= 0.6 is 0 Å². The first-order valence-electron chi connectivity index (χ1n) is 14.2. The van der Waals surface area contributed by atoms with Crippen molar-refractivity contribution in [1.82, 2.24) is 10.3 Å². The molecule has 0 aliphatic carbocycles. The topological polar surface area (TPSA) is 98.0 Å². The molecule has 8 nitrogen and oxygen atoms in total. The molecule has 2 amide bonds. The van der Waals surface area contributed by atoms with Crippen LogP contribution in [-0.4, -0.2) is 49.7 Å². The van der Waals surface area contributed by atoms with Crippen LogP contribution in [0.15, 0.2) is 83.6 Å². The predicted molar refractivity (Wildman–Crippen MR) is 166 cm³/mol. The van der Waals surface area contributed by atoms with Crippen LogP contribution in [0.2, 0.25) is 0 Å². The summed E-state index contributed by atoms with van der Waals surface area (Å²) >= 11 is 0. The van der Waals surface area contributed by atoms with Gasteiger partial charge >= 0.3 is 0 Å². The Hall–Kier alpha value is -4.90. The van der Waals surface area contributed by atoms with E-state index >= 15 is 0 Å². The van der Waals surface area contributed by atoms with E-state index in [2.05, 4.69) is 47.5 Å². The van der Waals surface area contributed by atoms with E-state index in [1.807, 2.05) is 50.3 Å². The Bertz CT molecular complexity index is 1530. The number of fused-ring (bicyclic) bond motifs is 1. The number of nitrogens with zero attached hydrogens (tertiary/aromatic N) is 4. The lowest BCUT2D eigenvalue weighted by molar-refractivity contribution is 0.0772. The molecule has 0 aromatic heterocycles. The highest BCUT2D eigenvalue weighted by Crippen LogP contribution is 2.50. The van der Waals surface area contributed by atoms with Crippen LogP contribution < -0.4 is 15.1 Å². The monoisotopic (exact) mass is 563 g/mol. The number of likely N-dealkylation sites (N-methyl/N-ethyl adjacent to an activating group) is 1. The van der Waals surface area contributed by atoms with Crippen molar-refractivity contribution in [2.45, 2.75) is 39.5 Å². The van der Waals surface area contributed by atoms with Crippen molar-refractivity contribution in [1.29, 1.82) is 5.26 Å². The zero-order valence-electron chi connectivity index (χ0n) is 24.8. The standard InChI is InChI=1S/C34H37N5O3/c1-6-38(7-2)33(41)27-15-13-26(14-16-27)32(40)37-36-20-19-31-34(4,22-24-9-11-25(23-35)12-10-24)29-21-28(42-5)17-18-30(29)39(31)8-3/h9-21H,6-8,22H2,1-5H3,(H,37,40)/b31-19-,36-20+. The molecule has 0 radical (unpaired) electrons. The number of nitriles is 1. The quantitative estimate of drug-likeness (QED) is 0.253. The molecule has 0 saturated carbocycles. The number of ether oxygens (including phenoxy) is 1. The predicted octanol–water partition coefficient (Wildman–Crippen LogP) is 5.69. The van der Waals surface area contributed by atoms with Gasteiger partial charge in [-0.25, -0.2) is 5.43 Å². The van der Waals surface area contributed by atoms with E-state index in [-0.39, 0.29) is 11.8 Å². The third-order valence-electron chi connectivity index (χ3n) is 7.82. The molecule has 1 unspecified atom stereocenters. The summed E-state index contributed by atoms with van der Waals surface area (Å²) in [6.45, 7) is 10.2. The van der Waals surface area contributed by atoms with Crippen LogP contribution in [-0.2, 0) is 11.8 Å². The van der Waals surface area contributed by atoms with E-state index in [4.69, 9.17) is 4.74 Å². The maximum absolute atomic E-state index is 12.8. The lowest BCUT2D eigenvalue weighted by Crippen LogP contribution is -2.31. The zero-order valence-corrected chi connectivity index (χ0v) is 24.8. The number of carbonyl (C=O) groups excluding carboxylic acids is 2. The highest BCUT2D eigenvalue weighted by atomic mass is 16.5. The van der Waals surface area contributed by atoms with Crippen molar-refractivity contribution in [3.63, 3.8) is 0 Å². The second-order valence-electron chi connectivity index (χ2n) is 10.3. The number of hydrazone groups is 1. The molecular weight excluding hydrogens is 526 g/mol. The van der Waals surface area contributed by atoms with Crippen molar-refractivity contribution in [2.75, 3.05) is 31.6 Å². The first-order chi connectivity index (χ1) is 20.3. The molecule has 3 aromatic carbocycles. The molecule has 0 fully saturated rings. The zero-order chi connectivity index (χ0) is 30.3. The van der Waals surface area contributed by atoms with Crippen LogP contribution in [0, 0.1) is 11.3 Å². The molecule has 0 bridgehead atoms. The fourth-order valence-electron chi connectivity index (χ4n) is 5.52. The molecular formula is C34H37N5O3. The molecule has 4 rings (SSSR count). The van der Waals surface area contributed by atoms with Gasteiger partial charge in [-0.3, -0.25) is 9.59 Å². The summed E-state index contributed by atoms with van der Waals surface area (Å²) in [5, 5.41) is 13.4. The van der Waals surface area contributed by atoms with Crippen LogP contribution in [0.1, 0.15) is 65.1 Å². The SMILES string of the molecule is CCN(CC)C(=O)c1ccc(C(=O)N/N=C/C=C2\N(CC)c3ccc(OC)cc3C2(C)Cc2ccc(C#N)cc2)cc1. The van der Waals surface area contributed by atoms with Gasteiger partial charge in [-0.2, -0.15) is 10.4 Å². The first kappa shape index (κ1) is 30.1. The van der Waals surface area contributed by atoms with Crippen molar-refractivity contribution in [2.24, 2.45) is 5.10 Å². The van der Waals surface area contributed by atoms with E-state index in [1.165, 1.54) is 0 Å². The highest BCUT2D eigenvalue weighted by Gasteiger charge is 2.43. The van der Waals surface area contributed by atoms with E-state index in [0.717, 1.165) is 34.8 Å². The number of benzene rings is 3. The molecule has 3 aromatic rings. The average Bonchev–Trinajstić information content (AvgIpc) is 3.25. The Morgan fingerprint density at radius 1 is 1.02 bits per heavy atom. The molecule has 0 spiro atoms. The Balaban J connectivity index is 1.58. The number of hydrogen-bond acceptors (Lipinski definition) is 6. The fourth-order valence-corrected chi connectivity index (χ4v) is 5.52. The number of rotatable bonds is 10. The van der Waals surface area contributed by atoms with E-state index in [9.17, 15) is 14.9 Å². The first-order valence-corrected chi connectivity index (χ1v) is 14.2. The van der Waals surface area contributed by atoms with Crippen molar-refractivity contribution < 1.29 is 14.3 Å². The highest BCUT2D eigenvalue weighted by molar-refractivity contribution is 5.98. The summed E-state index contributed by atoms with van der Waals surface area (Å²) in [5.41, 5.74) is 8.13. The van der Waals surface area contributed by atoms with Gasteiger partial charge in [-0.15, -0.1) is 0 Å². The lowest BCUT2D eigenvalue weighted by atomic mass is 9.76. The fraction of sp³-hybridized carbons (Fsp3) is 0.294. The van der Waals surface area contributed by atoms with Crippen LogP contribution in [0.3, 0.4) is 0 Å². The summed E-state index contributed by atoms with van der Waals surface area (Å²) in [4.78, 5) is 29.3. The summed E-state index contributed by atoms with van der Waals surface area (Å²) in [6, 6.07) is 22.5. The van der Waals surface area contributed by atoms with Crippen molar-refractivity contribution in [3.8, 4) is 11.8 Å². The number of allylic oxidation sites excluding steroid dienone is 2. The van der Waals surface area contributed by atoms with Gasteiger partial charge in [0.2, 0.25) is 0 Å². The van der Waals surface area contributed by atoms with Crippen LogP contribution in [0.5, 0.6) is 5.75 Å². The molecule has 42 heavy (non-hydrogen) atoms. The maximum Gasteiger partial charge on any atom is 0.271 e. The summed E-state index contributed by atoms with van der Waals surface area (Å²) in [7, 11) is 1.66. The van der Waals surface area contributed by atoms with Gasteiger partial charge < -0.3 is 14.5 Å². The summed E-state index contributed by atoms with van der Waals surface area (Å²) < 4.78 is 5.56. The van der Waals surface area contributed by atoms with Gasteiger partial charge in [0.1, 0.15) is 5.75 Å². The Kier molecular flexibility index (Phi) is 9.43. The molecule has 216 valence electrons. The molecule has 1 atom stereocenters. The Morgan fingerprint density at radius 2 is 1.69 bits per heavy atom. The second kappa shape index (κ2) is 13.2. The minimum atomic E-state index is -0.419. The molecule has 1 aliphatic rings. The van der Waals surface area contributed by atoms with E-state index in [0.29, 0.717) is 36.2 Å². The van der Waals surface area contributed by atoms with Gasteiger partial charge in [0.15, 0.2) is 0 Å².